The summed E-state index contributed by atoms with van der Waals surface area (Å²) in [7, 11) is 1.61. The summed E-state index contributed by atoms with van der Waals surface area (Å²) >= 11 is 0. The molecule has 2 aromatic rings. The maximum atomic E-state index is 10.4. The van der Waals surface area contributed by atoms with E-state index >= 15 is 0 Å². The van der Waals surface area contributed by atoms with E-state index in [1.165, 1.54) is 5.56 Å². The molecule has 0 aliphatic heterocycles. The molecule has 166 valence electrons. The fourth-order valence-corrected chi connectivity index (χ4v) is 2.83. The number of hydrogen-bond acceptors (Lipinski definition) is 4. The number of ether oxygens (including phenoxy) is 2. The van der Waals surface area contributed by atoms with E-state index in [9.17, 15) is 5.11 Å². The summed E-state index contributed by atoms with van der Waals surface area (Å²) in [6, 6.07) is 17.6. The number of halogens is 1. The molecule has 0 saturated heterocycles. The molecule has 0 aliphatic carbocycles. The highest BCUT2D eigenvalue weighted by atomic mass is 127. The van der Waals surface area contributed by atoms with Crippen molar-refractivity contribution in [3.05, 3.63) is 65.7 Å². The lowest BCUT2D eigenvalue weighted by Crippen LogP contribution is -2.38. The van der Waals surface area contributed by atoms with Crippen LogP contribution in [-0.4, -0.2) is 44.4 Å². The Kier molecular flexibility index (Phi) is 13.1. The summed E-state index contributed by atoms with van der Waals surface area (Å²) in [6.45, 7) is 6.50. The molecule has 0 spiro atoms. The van der Waals surface area contributed by atoms with E-state index in [1.807, 2.05) is 49.4 Å². The van der Waals surface area contributed by atoms with Gasteiger partial charge in [-0.05, 0) is 43.5 Å². The first-order chi connectivity index (χ1) is 14.1. The van der Waals surface area contributed by atoms with Gasteiger partial charge in [0, 0.05) is 19.7 Å². The molecule has 6 nitrogen and oxygen atoms in total. The quantitative estimate of drug-likeness (QED) is 0.178. The maximum absolute atomic E-state index is 10.4. The summed E-state index contributed by atoms with van der Waals surface area (Å²) < 4.78 is 11.1. The Balaban J connectivity index is 0.00000450. The maximum Gasteiger partial charge on any atom is 0.191 e. The molecule has 30 heavy (non-hydrogen) atoms. The van der Waals surface area contributed by atoms with Crippen LogP contribution in [0.3, 0.4) is 0 Å². The predicted molar refractivity (Wildman–Crippen MR) is 133 cm³/mol. The summed E-state index contributed by atoms with van der Waals surface area (Å²) in [4.78, 5) is 4.49. The smallest absolute Gasteiger partial charge is 0.191 e. The van der Waals surface area contributed by atoms with Gasteiger partial charge in [0.15, 0.2) is 5.96 Å². The zero-order valence-electron chi connectivity index (χ0n) is 18.0. The van der Waals surface area contributed by atoms with Gasteiger partial charge in [-0.1, -0.05) is 42.5 Å². The molecule has 0 fully saturated rings. The number of aliphatic hydroxyl groups excluding tert-OH is 1. The van der Waals surface area contributed by atoms with Gasteiger partial charge in [-0.2, -0.15) is 0 Å². The van der Waals surface area contributed by atoms with Gasteiger partial charge in [0.2, 0.25) is 0 Å². The van der Waals surface area contributed by atoms with Crippen molar-refractivity contribution in [2.24, 2.45) is 4.99 Å². The molecule has 0 radical (unpaired) electrons. The van der Waals surface area contributed by atoms with E-state index in [1.54, 1.807) is 7.11 Å². The predicted octanol–water partition coefficient (Wildman–Crippen LogP) is 4.07. The summed E-state index contributed by atoms with van der Waals surface area (Å²) in [5, 5.41) is 16.9. The third-order valence-electron chi connectivity index (χ3n) is 4.50. The first kappa shape index (κ1) is 26.2. The lowest BCUT2D eigenvalue weighted by Gasteiger charge is -2.15. The molecule has 2 atom stereocenters. The highest BCUT2D eigenvalue weighted by molar-refractivity contribution is 14.0. The number of aliphatic hydroxyl groups is 1. The fourth-order valence-electron chi connectivity index (χ4n) is 2.83. The van der Waals surface area contributed by atoms with E-state index in [-0.39, 0.29) is 36.6 Å². The topological polar surface area (TPSA) is 75.1 Å². The van der Waals surface area contributed by atoms with Crippen LogP contribution in [0.25, 0.3) is 0 Å². The molecule has 0 aliphatic rings. The van der Waals surface area contributed by atoms with Crippen LogP contribution in [0.5, 0.6) is 5.75 Å². The van der Waals surface area contributed by atoms with Crippen molar-refractivity contribution in [2.45, 2.75) is 32.5 Å². The third kappa shape index (κ3) is 9.32. The SMILES string of the molecule is CCNC(=NCC(O)c1cccc(OC)c1)NCCCOC(C)c1ccccc1.I. The number of hydrogen-bond donors (Lipinski definition) is 3. The second kappa shape index (κ2) is 15.0. The molecule has 2 rings (SSSR count). The highest BCUT2D eigenvalue weighted by Crippen LogP contribution is 2.19. The van der Waals surface area contributed by atoms with Crippen LogP contribution in [-0.2, 0) is 4.74 Å². The van der Waals surface area contributed by atoms with Gasteiger partial charge < -0.3 is 25.2 Å². The zero-order chi connectivity index (χ0) is 20.9. The van der Waals surface area contributed by atoms with Crippen LogP contribution in [0, 0.1) is 0 Å². The van der Waals surface area contributed by atoms with Crippen molar-refractivity contribution in [3.8, 4) is 5.75 Å². The van der Waals surface area contributed by atoms with Gasteiger partial charge in [0.1, 0.15) is 5.75 Å². The van der Waals surface area contributed by atoms with Gasteiger partial charge in [-0.15, -0.1) is 24.0 Å². The van der Waals surface area contributed by atoms with E-state index in [2.05, 4.69) is 34.7 Å². The minimum atomic E-state index is -0.685. The van der Waals surface area contributed by atoms with Gasteiger partial charge in [0.25, 0.3) is 0 Å². The van der Waals surface area contributed by atoms with Crippen LogP contribution in [0.15, 0.2) is 59.6 Å². The largest absolute Gasteiger partial charge is 0.497 e. The number of nitrogens with zero attached hydrogens (tertiary/aromatic N) is 1. The minimum absolute atomic E-state index is 0. The van der Waals surface area contributed by atoms with Crippen LogP contribution in [0.4, 0.5) is 0 Å². The number of aliphatic imine (C=N–C) groups is 1. The molecule has 3 N–H and O–H groups in total. The summed E-state index contributed by atoms with van der Waals surface area (Å²) in [6.07, 6.45) is 0.256. The molecular weight excluding hydrogens is 493 g/mol. The monoisotopic (exact) mass is 527 g/mol. The summed E-state index contributed by atoms with van der Waals surface area (Å²) in [5.41, 5.74) is 1.97. The molecule has 7 heteroatoms. The molecule has 0 heterocycles. The Hall–Kier alpha value is -1.84. The van der Waals surface area contributed by atoms with Crippen LogP contribution >= 0.6 is 24.0 Å². The molecule has 2 aromatic carbocycles. The van der Waals surface area contributed by atoms with Gasteiger partial charge >= 0.3 is 0 Å². The van der Waals surface area contributed by atoms with E-state index in [4.69, 9.17) is 9.47 Å². The molecule has 0 amide bonds. The van der Waals surface area contributed by atoms with Crippen molar-refractivity contribution < 1.29 is 14.6 Å². The molecular formula is C23H34IN3O3. The Morgan fingerprint density at radius 2 is 1.80 bits per heavy atom. The summed E-state index contributed by atoms with van der Waals surface area (Å²) in [5.74, 6) is 1.41. The Labute approximate surface area is 197 Å². The minimum Gasteiger partial charge on any atom is -0.497 e. The number of guanidine groups is 1. The van der Waals surface area contributed by atoms with Crippen molar-refractivity contribution in [1.82, 2.24) is 10.6 Å². The lowest BCUT2D eigenvalue weighted by atomic mass is 10.1. The van der Waals surface area contributed by atoms with Crippen LogP contribution in [0.1, 0.15) is 43.6 Å². The highest BCUT2D eigenvalue weighted by Gasteiger charge is 2.09. The Morgan fingerprint density at radius 1 is 1.07 bits per heavy atom. The van der Waals surface area contributed by atoms with Crippen LogP contribution in [0.2, 0.25) is 0 Å². The number of methoxy groups -OCH3 is 1. The lowest BCUT2D eigenvalue weighted by molar-refractivity contribution is 0.0646. The third-order valence-corrected chi connectivity index (χ3v) is 4.50. The van der Waals surface area contributed by atoms with E-state index in [0.717, 1.165) is 30.8 Å². The number of nitrogens with one attached hydrogen (secondary N) is 2. The molecule has 0 saturated carbocycles. The standard InChI is InChI=1S/C23H33N3O3.HI/c1-4-24-23(26-17-22(27)20-12-8-13-21(16-20)28-3)25-14-9-15-29-18(2)19-10-6-5-7-11-19;/h5-8,10-13,16,18,22,27H,4,9,14-15,17H2,1-3H3,(H2,24,25,26);1H. The van der Waals surface area contributed by atoms with Crippen molar-refractivity contribution >= 4 is 29.9 Å². The normalized spacial score (nSPS) is 13.1. The Morgan fingerprint density at radius 3 is 2.50 bits per heavy atom. The van der Waals surface area contributed by atoms with Gasteiger partial charge in [-0.3, -0.25) is 4.99 Å². The van der Waals surface area contributed by atoms with E-state index in [0.29, 0.717) is 12.6 Å². The van der Waals surface area contributed by atoms with Crippen molar-refractivity contribution in [2.75, 3.05) is 33.4 Å². The fraction of sp³-hybridized carbons (Fsp3) is 0.435. The first-order valence-corrected chi connectivity index (χ1v) is 10.1. The molecule has 0 bridgehead atoms. The van der Waals surface area contributed by atoms with Crippen molar-refractivity contribution in [3.63, 3.8) is 0 Å². The Bertz CT molecular complexity index is 743. The second-order valence-electron chi connectivity index (χ2n) is 6.72. The van der Waals surface area contributed by atoms with Gasteiger partial charge in [0.05, 0.1) is 25.9 Å². The van der Waals surface area contributed by atoms with E-state index < -0.39 is 6.10 Å². The second-order valence-corrected chi connectivity index (χ2v) is 6.72. The average Bonchev–Trinajstić information content (AvgIpc) is 2.77. The average molecular weight is 527 g/mol. The first-order valence-electron chi connectivity index (χ1n) is 10.1. The number of rotatable bonds is 11. The van der Waals surface area contributed by atoms with Crippen molar-refractivity contribution in [1.29, 1.82) is 0 Å². The molecule has 0 aromatic heterocycles. The molecule has 2 unspecified atom stereocenters. The van der Waals surface area contributed by atoms with Gasteiger partial charge in [-0.25, -0.2) is 0 Å². The number of benzene rings is 2. The van der Waals surface area contributed by atoms with Crippen LogP contribution < -0.4 is 15.4 Å². The zero-order valence-corrected chi connectivity index (χ0v) is 20.3.